The van der Waals surface area contributed by atoms with Crippen molar-refractivity contribution in [2.24, 2.45) is 0 Å². The van der Waals surface area contributed by atoms with Crippen LogP contribution in [0.15, 0.2) is 212 Å². The molecule has 9 rings (SSSR count). The van der Waals surface area contributed by atoms with E-state index in [1.165, 1.54) is 7.11 Å². The SMILES string of the molecule is COC(=O)[C@H](OCc1ccccc1)[C@@H](OCc1ccccc1)C(=O)O[C@H]1Cc2c(OCc3ccccc3)cc(OCc3ccccc3)cc2O[C@@H]1c1cccc(OCc2ccccc2)c1OCc1ccccc1. The molecule has 0 fully saturated rings. The Hall–Kier alpha value is -8.38. The number of esters is 2. The number of ether oxygens (including phenoxy) is 9. The Morgan fingerprint density at radius 3 is 1.37 bits per heavy atom. The van der Waals surface area contributed by atoms with Gasteiger partial charge in [-0.15, -0.1) is 0 Å². The number of carbonyl (C=O) groups excluding carboxylic acids is 2. The van der Waals surface area contributed by atoms with Crippen molar-refractivity contribution in [2.45, 2.75) is 70.5 Å². The van der Waals surface area contributed by atoms with E-state index < -0.39 is 36.4 Å². The zero-order chi connectivity index (χ0) is 50.0. The maximum atomic E-state index is 15.2. The van der Waals surface area contributed by atoms with E-state index >= 15 is 4.79 Å². The van der Waals surface area contributed by atoms with E-state index in [0.717, 1.165) is 33.4 Å². The topological polar surface area (TPSA) is 117 Å². The summed E-state index contributed by atoms with van der Waals surface area (Å²) in [4.78, 5) is 28.9. The van der Waals surface area contributed by atoms with E-state index in [9.17, 15) is 4.79 Å². The highest BCUT2D eigenvalue weighted by molar-refractivity contribution is 5.86. The summed E-state index contributed by atoms with van der Waals surface area (Å²) in [5.41, 5.74) is 6.51. The van der Waals surface area contributed by atoms with Crippen molar-refractivity contribution in [1.82, 2.24) is 0 Å². The Morgan fingerprint density at radius 2 is 0.890 bits per heavy atom. The molecular formula is C62H56O11. The molecule has 8 aromatic rings. The van der Waals surface area contributed by atoms with Gasteiger partial charge >= 0.3 is 11.9 Å². The molecule has 11 heteroatoms. The number of hydrogen-bond acceptors (Lipinski definition) is 11. The molecule has 0 aliphatic carbocycles. The van der Waals surface area contributed by atoms with E-state index in [-0.39, 0.29) is 46.1 Å². The van der Waals surface area contributed by atoms with Crippen LogP contribution < -0.4 is 23.7 Å². The molecule has 1 heterocycles. The second-order valence-electron chi connectivity index (χ2n) is 17.3. The van der Waals surface area contributed by atoms with Gasteiger partial charge in [-0.2, -0.15) is 0 Å². The standard InChI is InChI=1S/C62H56O11/c1-65-61(63)59(70-42-48-29-16-6-17-30-48)60(71-43-49-31-18-7-19-32-49)62(64)73-56-37-52-54(68-40-46-25-12-4-13-26-46)35-50(66-38-44-21-8-2-9-22-44)36-55(52)72-58(56)51-33-20-34-53(67-39-45-23-10-3-11-24-45)57(51)69-41-47-27-14-5-15-28-47/h2-36,56,58-60H,37-43H2,1H3/t56-,58+,59+,60+/m0/s1. The summed E-state index contributed by atoms with van der Waals surface area (Å²) < 4.78 is 58.0. The first-order chi connectivity index (χ1) is 36.0. The van der Waals surface area contributed by atoms with Gasteiger partial charge in [0.15, 0.2) is 29.8 Å². The number of fused-ring (bicyclic) bond motifs is 1. The number of hydrogen-bond donors (Lipinski definition) is 0. The van der Waals surface area contributed by atoms with Crippen molar-refractivity contribution < 1.29 is 52.2 Å². The Morgan fingerprint density at radius 1 is 0.466 bits per heavy atom. The smallest absolute Gasteiger partial charge is 0.339 e. The number of methoxy groups -OCH3 is 1. The maximum absolute atomic E-state index is 15.2. The van der Waals surface area contributed by atoms with Crippen LogP contribution in [0.5, 0.6) is 28.7 Å². The largest absolute Gasteiger partial charge is 0.489 e. The monoisotopic (exact) mass is 976 g/mol. The van der Waals surface area contributed by atoms with Crippen molar-refractivity contribution in [2.75, 3.05) is 7.11 Å². The van der Waals surface area contributed by atoms with Crippen LogP contribution in [-0.2, 0) is 74.6 Å². The van der Waals surface area contributed by atoms with Crippen molar-refractivity contribution >= 4 is 11.9 Å². The molecule has 0 aromatic heterocycles. The number of carbonyl (C=O) groups is 2. The van der Waals surface area contributed by atoms with Crippen LogP contribution in [0.3, 0.4) is 0 Å². The molecule has 0 saturated heterocycles. The molecule has 370 valence electrons. The molecular weight excluding hydrogens is 921 g/mol. The van der Waals surface area contributed by atoms with Crippen LogP contribution in [0.25, 0.3) is 0 Å². The molecule has 11 nitrogen and oxygen atoms in total. The first kappa shape index (κ1) is 49.6. The molecule has 0 unspecified atom stereocenters. The minimum absolute atomic E-state index is 0.0176. The van der Waals surface area contributed by atoms with E-state index in [4.69, 9.17) is 42.6 Å². The molecule has 1 aliphatic rings. The molecule has 73 heavy (non-hydrogen) atoms. The predicted molar refractivity (Wildman–Crippen MR) is 275 cm³/mol. The van der Waals surface area contributed by atoms with Crippen molar-refractivity contribution in [1.29, 1.82) is 0 Å². The Balaban J connectivity index is 1.13. The van der Waals surface area contributed by atoms with Gasteiger partial charge in [-0.25, -0.2) is 9.59 Å². The van der Waals surface area contributed by atoms with Crippen LogP contribution in [0, 0.1) is 0 Å². The third kappa shape index (κ3) is 13.5. The molecule has 0 radical (unpaired) electrons. The Labute approximate surface area is 425 Å². The fourth-order valence-corrected chi connectivity index (χ4v) is 8.38. The average molecular weight is 977 g/mol. The summed E-state index contributed by atoms with van der Waals surface area (Å²) in [5.74, 6) is 0.584. The van der Waals surface area contributed by atoms with Gasteiger partial charge in [0.1, 0.15) is 49.8 Å². The molecule has 0 spiro atoms. The summed E-state index contributed by atoms with van der Waals surface area (Å²) in [7, 11) is 1.24. The fourth-order valence-electron chi connectivity index (χ4n) is 8.38. The normalized spacial score (nSPS) is 14.6. The van der Waals surface area contributed by atoms with Crippen LogP contribution in [0.2, 0.25) is 0 Å². The van der Waals surface area contributed by atoms with Crippen molar-refractivity contribution in [3.05, 3.63) is 257 Å². The molecule has 8 aromatic carbocycles. The quantitative estimate of drug-likeness (QED) is 0.0570. The number of para-hydroxylation sites is 1. The maximum Gasteiger partial charge on any atom is 0.339 e. The van der Waals surface area contributed by atoms with Gasteiger partial charge in [-0.3, -0.25) is 0 Å². The van der Waals surface area contributed by atoms with Crippen LogP contribution in [0.1, 0.15) is 50.6 Å². The van der Waals surface area contributed by atoms with Gasteiger partial charge in [0.05, 0.1) is 20.3 Å². The molecule has 1 aliphatic heterocycles. The van der Waals surface area contributed by atoms with Gasteiger partial charge in [-0.1, -0.05) is 194 Å². The molecule has 0 saturated carbocycles. The molecule has 0 amide bonds. The van der Waals surface area contributed by atoms with Gasteiger partial charge in [0, 0.05) is 29.7 Å². The highest BCUT2D eigenvalue weighted by Crippen LogP contribution is 2.47. The second kappa shape index (κ2) is 25.1. The van der Waals surface area contributed by atoms with Gasteiger partial charge in [-0.05, 0) is 39.4 Å². The van der Waals surface area contributed by atoms with E-state index in [1.54, 1.807) is 0 Å². The van der Waals surface area contributed by atoms with Crippen molar-refractivity contribution in [3.8, 4) is 28.7 Å². The summed E-state index contributed by atoms with van der Waals surface area (Å²) in [6.07, 6.45) is -5.11. The van der Waals surface area contributed by atoms with Gasteiger partial charge in [0.25, 0.3) is 0 Å². The van der Waals surface area contributed by atoms with E-state index in [1.807, 2.05) is 212 Å². The summed E-state index contributed by atoms with van der Waals surface area (Å²) in [5, 5.41) is 0. The highest BCUT2D eigenvalue weighted by Gasteiger charge is 2.44. The lowest BCUT2D eigenvalue weighted by molar-refractivity contribution is -0.191. The van der Waals surface area contributed by atoms with E-state index in [0.29, 0.717) is 39.9 Å². The minimum atomic E-state index is -1.59. The minimum Gasteiger partial charge on any atom is -0.489 e. The number of rotatable bonds is 23. The Bertz CT molecular complexity index is 2980. The third-order valence-electron chi connectivity index (χ3n) is 12.2. The Kier molecular flexibility index (Phi) is 17.1. The number of benzene rings is 8. The van der Waals surface area contributed by atoms with E-state index in [2.05, 4.69) is 0 Å². The first-order valence-corrected chi connectivity index (χ1v) is 24.2. The third-order valence-corrected chi connectivity index (χ3v) is 12.2. The average Bonchev–Trinajstić information content (AvgIpc) is 3.45. The summed E-state index contributed by atoms with van der Waals surface area (Å²) in [6, 6.07) is 67.2. The summed E-state index contributed by atoms with van der Waals surface area (Å²) >= 11 is 0. The van der Waals surface area contributed by atoms with Crippen LogP contribution >= 0.6 is 0 Å². The molecule has 0 bridgehead atoms. The lowest BCUT2D eigenvalue weighted by atomic mass is 9.92. The summed E-state index contributed by atoms with van der Waals surface area (Å²) in [6.45, 7) is 0.904. The lowest BCUT2D eigenvalue weighted by Gasteiger charge is -2.36. The molecule has 4 atom stereocenters. The fraction of sp³-hybridized carbons (Fsp3) is 0.194. The van der Waals surface area contributed by atoms with Gasteiger partial charge in [0.2, 0.25) is 0 Å². The second-order valence-corrected chi connectivity index (χ2v) is 17.3. The van der Waals surface area contributed by atoms with Crippen LogP contribution in [-0.4, -0.2) is 37.4 Å². The first-order valence-electron chi connectivity index (χ1n) is 24.2. The van der Waals surface area contributed by atoms with Crippen LogP contribution in [0.4, 0.5) is 0 Å². The zero-order valence-corrected chi connectivity index (χ0v) is 40.5. The molecule has 0 N–H and O–H groups in total. The lowest BCUT2D eigenvalue weighted by Crippen LogP contribution is -2.47. The highest BCUT2D eigenvalue weighted by atomic mass is 16.6. The predicted octanol–water partition coefficient (Wildman–Crippen LogP) is 11.9. The van der Waals surface area contributed by atoms with Gasteiger partial charge < -0.3 is 42.6 Å². The zero-order valence-electron chi connectivity index (χ0n) is 40.5. The van der Waals surface area contributed by atoms with Crippen molar-refractivity contribution in [3.63, 3.8) is 0 Å².